The highest BCUT2D eigenvalue weighted by molar-refractivity contribution is 6.11. The van der Waals surface area contributed by atoms with E-state index in [2.05, 4.69) is 4.98 Å². The van der Waals surface area contributed by atoms with E-state index in [9.17, 15) is 9.59 Å². The Bertz CT molecular complexity index is 983. The number of hydrogen-bond acceptors (Lipinski definition) is 5. The molecule has 6 heteroatoms. The number of ether oxygens (including phenoxy) is 3. The molecule has 3 rings (SSSR count). The van der Waals surface area contributed by atoms with Crippen LogP contribution in [-0.2, 0) is 4.74 Å². The molecule has 1 atom stereocenters. The molecule has 140 valence electrons. The number of carbonyl (C=O) groups excluding carboxylic acids is 2. The predicted octanol–water partition coefficient (Wildman–Crippen LogP) is 3.92. The van der Waals surface area contributed by atoms with Crippen molar-refractivity contribution in [1.82, 2.24) is 4.98 Å². The van der Waals surface area contributed by atoms with Crippen LogP contribution in [0, 0.1) is 6.92 Å². The van der Waals surface area contributed by atoms with Crippen molar-refractivity contribution in [2.45, 2.75) is 20.0 Å². The topological polar surface area (TPSA) is 77.6 Å². The number of methoxy groups -OCH3 is 2. The standard InChI is InChI=1S/C21H21NO5/c1-12-19(17-7-5-6-8-18(17)22-12)20(23)13(2)27-21(24)14-9-15(25-3)11-16(10-14)26-4/h5-11,13,22H,1-4H3/t13-/m0/s1. The van der Waals surface area contributed by atoms with E-state index in [1.165, 1.54) is 14.2 Å². The van der Waals surface area contributed by atoms with Gasteiger partial charge >= 0.3 is 5.97 Å². The quantitative estimate of drug-likeness (QED) is 0.528. The average Bonchev–Trinajstić information content (AvgIpc) is 3.02. The third-order valence-electron chi connectivity index (χ3n) is 4.38. The molecule has 0 aliphatic carbocycles. The van der Waals surface area contributed by atoms with Crippen LogP contribution in [0.4, 0.5) is 0 Å². The van der Waals surface area contributed by atoms with Gasteiger partial charge in [0.2, 0.25) is 5.78 Å². The van der Waals surface area contributed by atoms with Crippen molar-refractivity contribution in [3.63, 3.8) is 0 Å². The number of aryl methyl sites for hydroxylation is 1. The number of esters is 1. The van der Waals surface area contributed by atoms with Gasteiger partial charge in [-0.05, 0) is 32.0 Å². The summed E-state index contributed by atoms with van der Waals surface area (Å²) in [6.07, 6.45) is -0.937. The molecule has 27 heavy (non-hydrogen) atoms. The minimum atomic E-state index is -0.937. The molecular formula is C21H21NO5. The highest BCUT2D eigenvalue weighted by Crippen LogP contribution is 2.26. The zero-order chi connectivity index (χ0) is 19.6. The fourth-order valence-electron chi connectivity index (χ4n) is 3.00. The molecule has 0 amide bonds. The lowest BCUT2D eigenvalue weighted by Gasteiger charge is -2.14. The molecule has 0 bridgehead atoms. The monoisotopic (exact) mass is 367 g/mol. The number of rotatable bonds is 6. The summed E-state index contributed by atoms with van der Waals surface area (Å²) >= 11 is 0. The summed E-state index contributed by atoms with van der Waals surface area (Å²) in [6, 6.07) is 12.3. The number of Topliss-reactive ketones (excluding diaryl/α,β-unsaturated/α-hetero) is 1. The summed E-state index contributed by atoms with van der Waals surface area (Å²) in [7, 11) is 2.99. The minimum absolute atomic E-state index is 0.251. The molecule has 1 heterocycles. The van der Waals surface area contributed by atoms with Gasteiger partial charge in [0.1, 0.15) is 11.5 Å². The van der Waals surface area contributed by atoms with E-state index in [0.29, 0.717) is 17.1 Å². The number of ketones is 1. The molecule has 6 nitrogen and oxygen atoms in total. The number of fused-ring (bicyclic) bond motifs is 1. The number of nitrogens with one attached hydrogen (secondary N) is 1. The van der Waals surface area contributed by atoms with Gasteiger partial charge in [0.05, 0.1) is 19.8 Å². The SMILES string of the molecule is COc1cc(OC)cc(C(=O)O[C@@H](C)C(=O)c2c(C)[nH]c3ccccc23)c1. The van der Waals surface area contributed by atoms with Crippen LogP contribution >= 0.6 is 0 Å². The van der Waals surface area contributed by atoms with E-state index in [4.69, 9.17) is 14.2 Å². The average molecular weight is 367 g/mol. The highest BCUT2D eigenvalue weighted by atomic mass is 16.5. The Morgan fingerprint density at radius 3 is 2.26 bits per heavy atom. The molecule has 0 aliphatic heterocycles. The summed E-state index contributed by atoms with van der Waals surface area (Å²) in [5, 5.41) is 0.811. The fraction of sp³-hybridized carbons (Fsp3) is 0.238. The molecule has 0 aliphatic rings. The molecule has 1 N–H and O–H groups in total. The molecule has 1 aromatic heterocycles. The summed E-state index contributed by atoms with van der Waals surface area (Å²) in [6.45, 7) is 3.40. The Labute approximate surface area is 157 Å². The Morgan fingerprint density at radius 1 is 1.00 bits per heavy atom. The van der Waals surface area contributed by atoms with Gasteiger partial charge < -0.3 is 19.2 Å². The first kappa shape index (κ1) is 18.5. The van der Waals surface area contributed by atoms with Crippen molar-refractivity contribution in [3.05, 3.63) is 59.3 Å². The van der Waals surface area contributed by atoms with Crippen LogP contribution in [-0.4, -0.2) is 37.1 Å². The molecule has 0 unspecified atom stereocenters. The van der Waals surface area contributed by atoms with Crippen LogP contribution in [0.1, 0.15) is 33.3 Å². The summed E-state index contributed by atoms with van der Waals surface area (Å²) in [5.41, 5.74) is 2.40. The van der Waals surface area contributed by atoms with Gasteiger partial charge in [0, 0.05) is 28.2 Å². The Hall–Kier alpha value is -3.28. The number of H-pyrrole nitrogens is 1. The van der Waals surface area contributed by atoms with Crippen molar-refractivity contribution in [2.24, 2.45) is 0 Å². The first-order valence-corrected chi connectivity index (χ1v) is 8.50. The Morgan fingerprint density at radius 2 is 1.63 bits per heavy atom. The first-order chi connectivity index (χ1) is 12.9. The molecular weight excluding hydrogens is 346 g/mol. The van der Waals surface area contributed by atoms with Crippen molar-refractivity contribution >= 4 is 22.7 Å². The van der Waals surface area contributed by atoms with Gasteiger partial charge in [-0.2, -0.15) is 0 Å². The molecule has 0 radical (unpaired) electrons. The van der Waals surface area contributed by atoms with E-state index in [-0.39, 0.29) is 11.3 Å². The normalized spacial score (nSPS) is 11.9. The molecule has 0 saturated carbocycles. The second-order valence-corrected chi connectivity index (χ2v) is 6.18. The van der Waals surface area contributed by atoms with Gasteiger partial charge in [-0.25, -0.2) is 4.79 Å². The van der Waals surface area contributed by atoms with Gasteiger partial charge in [-0.15, -0.1) is 0 Å². The maximum Gasteiger partial charge on any atom is 0.339 e. The van der Waals surface area contributed by atoms with Crippen molar-refractivity contribution in [3.8, 4) is 11.5 Å². The second-order valence-electron chi connectivity index (χ2n) is 6.18. The lowest BCUT2D eigenvalue weighted by Crippen LogP contribution is -2.25. The lowest BCUT2D eigenvalue weighted by atomic mass is 10.0. The van der Waals surface area contributed by atoms with E-state index < -0.39 is 12.1 Å². The molecule has 0 fully saturated rings. The largest absolute Gasteiger partial charge is 0.497 e. The first-order valence-electron chi connectivity index (χ1n) is 8.50. The molecule has 3 aromatic rings. The van der Waals surface area contributed by atoms with Gasteiger partial charge in [0.25, 0.3) is 0 Å². The summed E-state index contributed by atoms with van der Waals surface area (Å²) < 4.78 is 15.7. The number of benzene rings is 2. The van der Waals surface area contributed by atoms with Gasteiger partial charge in [0.15, 0.2) is 6.10 Å². The van der Waals surface area contributed by atoms with Gasteiger partial charge in [-0.3, -0.25) is 4.79 Å². The lowest BCUT2D eigenvalue weighted by molar-refractivity contribution is 0.0318. The van der Waals surface area contributed by atoms with Gasteiger partial charge in [-0.1, -0.05) is 18.2 Å². The Kier molecular flexibility index (Phi) is 5.16. The van der Waals surface area contributed by atoms with Crippen LogP contribution in [0.3, 0.4) is 0 Å². The van der Waals surface area contributed by atoms with Crippen LogP contribution in [0.2, 0.25) is 0 Å². The van der Waals surface area contributed by atoms with Crippen LogP contribution < -0.4 is 9.47 Å². The number of aromatic nitrogens is 1. The minimum Gasteiger partial charge on any atom is -0.497 e. The third kappa shape index (κ3) is 3.65. The van der Waals surface area contributed by atoms with Crippen LogP contribution in [0.15, 0.2) is 42.5 Å². The maximum absolute atomic E-state index is 12.9. The van der Waals surface area contributed by atoms with Crippen molar-refractivity contribution in [1.29, 1.82) is 0 Å². The number of hydrogen-bond donors (Lipinski definition) is 1. The highest BCUT2D eigenvalue weighted by Gasteiger charge is 2.25. The summed E-state index contributed by atoms with van der Waals surface area (Å²) in [5.74, 6) is 0.0548. The summed E-state index contributed by atoms with van der Waals surface area (Å²) in [4.78, 5) is 28.6. The van der Waals surface area contributed by atoms with E-state index >= 15 is 0 Å². The second kappa shape index (κ2) is 7.53. The van der Waals surface area contributed by atoms with E-state index in [0.717, 1.165) is 16.6 Å². The van der Waals surface area contributed by atoms with Crippen molar-refractivity contribution < 1.29 is 23.8 Å². The smallest absolute Gasteiger partial charge is 0.339 e. The number of carbonyl (C=O) groups is 2. The molecule has 0 spiro atoms. The predicted molar refractivity (Wildman–Crippen MR) is 102 cm³/mol. The number of aromatic amines is 1. The maximum atomic E-state index is 12.9. The fourth-order valence-corrected chi connectivity index (χ4v) is 3.00. The van der Waals surface area contributed by atoms with E-state index in [1.807, 2.05) is 31.2 Å². The molecule has 0 saturated heterocycles. The zero-order valence-electron chi connectivity index (χ0n) is 15.7. The molecule has 2 aromatic carbocycles. The van der Waals surface area contributed by atoms with Crippen LogP contribution in [0.25, 0.3) is 10.9 Å². The zero-order valence-corrected chi connectivity index (χ0v) is 15.7. The third-order valence-corrected chi connectivity index (χ3v) is 4.38. The van der Waals surface area contributed by atoms with Crippen molar-refractivity contribution in [2.75, 3.05) is 14.2 Å². The number of para-hydroxylation sites is 1. The van der Waals surface area contributed by atoms with Crippen LogP contribution in [0.5, 0.6) is 11.5 Å². The Balaban J connectivity index is 1.84. The van der Waals surface area contributed by atoms with E-state index in [1.54, 1.807) is 25.1 Å².